The Bertz CT molecular complexity index is 1080. The molecule has 1 aromatic heterocycles. The van der Waals surface area contributed by atoms with E-state index in [1.54, 1.807) is 0 Å². The number of para-hydroxylation sites is 2. The minimum atomic E-state index is -0.139. The predicted molar refractivity (Wildman–Crippen MR) is 117 cm³/mol. The number of ether oxygens (including phenoxy) is 1. The summed E-state index contributed by atoms with van der Waals surface area (Å²) in [6, 6.07) is 29.3. The molecule has 1 unspecified atom stereocenters. The Morgan fingerprint density at radius 1 is 0.897 bits per heavy atom. The highest BCUT2D eigenvalue weighted by Gasteiger charge is 2.21. The molecule has 0 amide bonds. The fourth-order valence-electron chi connectivity index (χ4n) is 3.97. The normalized spacial score (nSPS) is 12.0. The van der Waals surface area contributed by atoms with Crippen LogP contribution in [0.2, 0.25) is 0 Å². The molecular weight excluding hydrogens is 358 g/mol. The largest absolute Gasteiger partial charge is 0.466 e. The molecule has 0 saturated carbocycles. The van der Waals surface area contributed by atoms with E-state index in [4.69, 9.17) is 4.74 Å². The van der Waals surface area contributed by atoms with Gasteiger partial charge >= 0.3 is 5.97 Å². The first kappa shape index (κ1) is 19.0. The summed E-state index contributed by atoms with van der Waals surface area (Å²) in [5, 5.41) is 1.22. The standard InChI is InChI=1S/C26H25NO2/c1-2-29-26(28)18-17-22(20-11-5-3-6-12-20)24-19-27(21-13-7-4-8-14-21)25-16-10-9-15-23(24)25/h3-16,19,22H,2,17-18H2,1H3. The van der Waals surface area contributed by atoms with E-state index in [-0.39, 0.29) is 11.9 Å². The van der Waals surface area contributed by atoms with Gasteiger partial charge in [-0.25, -0.2) is 0 Å². The molecule has 1 atom stereocenters. The van der Waals surface area contributed by atoms with Crippen LogP contribution in [0.25, 0.3) is 16.6 Å². The number of aromatic nitrogens is 1. The number of carbonyl (C=O) groups excluding carboxylic acids is 1. The fraction of sp³-hybridized carbons (Fsp3) is 0.192. The third-order valence-electron chi connectivity index (χ3n) is 5.30. The molecule has 0 aliphatic rings. The molecule has 4 aromatic rings. The molecule has 3 aromatic carbocycles. The number of benzene rings is 3. The molecule has 3 nitrogen and oxygen atoms in total. The van der Waals surface area contributed by atoms with Crippen molar-refractivity contribution in [1.29, 1.82) is 0 Å². The molecule has 3 heteroatoms. The molecule has 0 saturated heterocycles. The van der Waals surface area contributed by atoms with E-state index >= 15 is 0 Å². The quantitative estimate of drug-likeness (QED) is 0.361. The van der Waals surface area contributed by atoms with E-state index < -0.39 is 0 Å². The minimum Gasteiger partial charge on any atom is -0.466 e. The van der Waals surface area contributed by atoms with Gasteiger partial charge in [0.25, 0.3) is 0 Å². The average molecular weight is 383 g/mol. The van der Waals surface area contributed by atoms with Crippen molar-refractivity contribution >= 4 is 16.9 Å². The van der Waals surface area contributed by atoms with E-state index in [0.717, 1.165) is 5.69 Å². The van der Waals surface area contributed by atoms with Crippen molar-refractivity contribution in [1.82, 2.24) is 4.57 Å². The van der Waals surface area contributed by atoms with Crippen molar-refractivity contribution in [2.45, 2.75) is 25.7 Å². The topological polar surface area (TPSA) is 31.2 Å². The summed E-state index contributed by atoms with van der Waals surface area (Å²) in [7, 11) is 0. The van der Waals surface area contributed by atoms with Gasteiger partial charge < -0.3 is 9.30 Å². The van der Waals surface area contributed by atoms with Gasteiger partial charge in [0.1, 0.15) is 0 Å². The van der Waals surface area contributed by atoms with Gasteiger partial charge in [0, 0.05) is 29.6 Å². The highest BCUT2D eigenvalue weighted by atomic mass is 16.5. The summed E-state index contributed by atoms with van der Waals surface area (Å²) >= 11 is 0. The van der Waals surface area contributed by atoms with Crippen molar-refractivity contribution < 1.29 is 9.53 Å². The molecule has 0 bridgehead atoms. The summed E-state index contributed by atoms with van der Waals surface area (Å²) in [6.07, 6.45) is 3.34. The predicted octanol–water partition coefficient (Wildman–Crippen LogP) is 6.11. The molecule has 146 valence electrons. The summed E-state index contributed by atoms with van der Waals surface area (Å²) in [5.74, 6) is -0.0179. The minimum absolute atomic E-state index is 0.121. The third kappa shape index (κ3) is 4.09. The second kappa shape index (κ2) is 8.78. The highest BCUT2D eigenvalue weighted by Crippen LogP contribution is 2.36. The molecule has 0 aliphatic heterocycles. The maximum atomic E-state index is 12.1. The first-order valence-corrected chi connectivity index (χ1v) is 10.1. The van der Waals surface area contributed by atoms with E-state index in [1.165, 1.54) is 22.0 Å². The summed E-state index contributed by atoms with van der Waals surface area (Å²) in [4.78, 5) is 12.1. The van der Waals surface area contributed by atoms with Crippen molar-refractivity contribution in [2.75, 3.05) is 6.61 Å². The number of esters is 1. The van der Waals surface area contributed by atoms with Crippen molar-refractivity contribution in [3.8, 4) is 5.69 Å². The SMILES string of the molecule is CCOC(=O)CCC(c1ccccc1)c1cn(-c2ccccc2)c2ccccc12. The van der Waals surface area contributed by atoms with Crippen LogP contribution in [0, 0.1) is 0 Å². The maximum absolute atomic E-state index is 12.1. The lowest BCUT2D eigenvalue weighted by Gasteiger charge is -2.17. The van der Waals surface area contributed by atoms with E-state index in [9.17, 15) is 4.79 Å². The van der Waals surface area contributed by atoms with Gasteiger partial charge in [-0.2, -0.15) is 0 Å². The Labute approximate surface area is 171 Å². The first-order chi connectivity index (χ1) is 14.3. The molecule has 0 radical (unpaired) electrons. The summed E-state index contributed by atoms with van der Waals surface area (Å²) in [6.45, 7) is 2.27. The number of hydrogen-bond acceptors (Lipinski definition) is 2. The first-order valence-electron chi connectivity index (χ1n) is 10.1. The molecular formula is C26H25NO2. The molecule has 1 heterocycles. The van der Waals surface area contributed by atoms with Crippen LogP contribution in [0.15, 0.2) is 91.1 Å². The van der Waals surface area contributed by atoms with Crippen molar-refractivity contribution in [2.24, 2.45) is 0 Å². The van der Waals surface area contributed by atoms with Crippen LogP contribution < -0.4 is 0 Å². The average Bonchev–Trinajstić information content (AvgIpc) is 3.15. The van der Waals surface area contributed by atoms with Gasteiger partial charge in [0.05, 0.1) is 12.1 Å². The molecule has 0 fully saturated rings. The van der Waals surface area contributed by atoms with E-state index in [0.29, 0.717) is 19.4 Å². The fourth-order valence-corrected chi connectivity index (χ4v) is 3.97. The van der Waals surface area contributed by atoms with Crippen LogP contribution >= 0.6 is 0 Å². The highest BCUT2D eigenvalue weighted by molar-refractivity contribution is 5.86. The number of hydrogen-bond donors (Lipinski definition) is 0. The Kier molecular flexibility index (Phi) is 5.76. The zero-order valence-corrected chi connectivity index (χ0v) is 16.6. The molecule has 0 N–H and O–H groups in total. The van der Waals surface area contributed by atoms with Crippen molar-refractivity contribution in [3.05, 3.63) is 102 Å². The Morgan fingerprint density at radius 2 is 1.55 bits per heavy atom. The molecule has 29 heavy (non-hydrogen) atoms. The Hall–Kier alpha value is -3.33. The van der Waals surface area contributed by atoms with Crippen LogP contribution in [0.4, 0.5) is 0 Å². The molecule has 4 rings (SSSR count). The smallest absolute Gasteiger partial charge is 0.305 e. The van der Waals surface area contributed by atoms with E-state index in [2.05, 4.69) is 83.6 Å². The Balaban J connectivity index is 1.81. The van der Waals surface area contributed by atoms with Gasteiger partial charge in [-0.1, -0.05) is 66.7 Å². The van der Waals surface area contributed by atoms with Crippen LogP contribution in [-0.4, -0.2) is 17.1 Å². The summed E-state index contributed by atoms with van der Waals surface area (Å²) < 4.78 is 7.42. The van der Waals surface area contributed by atoms with E-state index in [1.807, 2.05) is 19.1 Å². The molecule has 0 aliphatic carbocycles. The van der Waals surface area contributed by atoms with Gasteiger partial charge in [-0.3, -0.25) is 4.79 Å². The van der Waals surface area contributed by atoms with Crippen LogP contribution in [0.3, 0.4) is 0 Å². The van der Waals surface area contributed by atoms with Gasteiger partial charge in [-0.15, -0.1) is 0 Å². The van der Waals surface area contributed by atoms with Gasteiger partial charge in [0.2, 0.25) is 0 Å². The zero-order chi connectivity index (χ0) is 20.1. The lowest BCUT2D eigenvalue weighted by atomic mass is 9.87. The summed E-state index contributed by atoms with van der Waals surface area (Å²) in [5.41, 5.74) is 4.76. The maximum Gasteiger partial charge on any atom is 0.305 e. The lowest BCUT2D eigenvalue weighted by Crippen LogP contribution is -2.08. The van der Waals surface area contributed by atoms with Crippen LogP contribution in [0.1, 0.15) is 36.8 Å². The third-order valence-corrected chi connectivity index (χ3v) is 5.30. The second-order valence-corrected chi connectivity index (χ2v) is 7.11. The number of fused-ring (bicyclic) bond motifs is 1. The van der Waals surface area contributed by atoms with Gasteiger partial charge in [0.15, 0.2) is 0 Å². The lowest BCUT2D eigenvalue weighted by molar-refractivity contribution is -0.143. The Morgan fingerprint density at radius 3 is 2.28 bits per heavy atom. The van der Waals surface area contributed by atoms with Crippen LogP contribution in [0.5, 0.6) is 0 Å². The van der Waals surface area contributed by atoms with Crippen LogP contribution in [-0.2, 0) is 9.53 Å². The van der Waals surface area contributed by atoms with Gasteiger partial charge in [-0.05, 0) is 42.7 Å². The number of rotatable bonds is 7. The number of nitrogens with zero attached hydrogens (tertiary/aromatic N) is 1. The zero-order valence-electron chi connectivity index (χ0n) is 16.6. The monoisotopic (exact) mass is 383 g/mol. The number of carbonyl (C=O) groups is 1. The molecule has 0 spiro atoms. The van der Waals surface area contributed by atoms with Crippen molar-refractivity contribution in [3.63, 3.8) is 0 Å². The second-order valence-electron chi connectivity index (χ2n) is 7.11.